The Morgan fingerprint density at radius 3 is 0.917 bits per heavy atom. The summed E-state index contributed by atoms with van der Waals surface area (Å²) in [7, 11) is -3.33. The molecule has 0 saturated heterocycles. The minimum absolute atomic E-state index is 0.109. The van der Waals surface area contributed by atoms with Crippen LogP contribution in [0, 0.1) is 0 Å². The summed E-state index contributed by atoms with van der Waals surface area (Å²) in [6, 6.07) is 37.5. The Labute approximate surface area is 212 Å². The number of hydrogen-bond acceptors (Lipinski definition) is 5. The SMILES string of the molecule is O=[PH](OC(O)(Cc1ccccc1)Cc1ccccc1)OC(O)(Cc1ccccc1)Cc1ccccc1. The van der Waals surface area contributed by atoms with Crippen molar-refractivity contribution >= 4 is 8.25 Å². The Hall–Kier alpha value is -3.05. The van der Waals surface area contributed by atoms with E-state index in [2.05, 4.69) is 0 Å². The molecule has 0 spiro atoms. The lowest BCUT2D eigenvalue weighted by Gasteiger charge is -2.32. The smallest absolute Gasteiger partial charge is 0.324 e. The van der Waals surface area contributed by atoms with Gasteiger partial charge >= 0.3 is 8.25 Å². The second-order valence-electron chi connectivity index (χ2n) is 9.00. The predicted octanol–water partition coefficient (Wildman–Crippen LogP) is 5.76. The minimum Gasteiger partial charge on any atom is -0.365 e. The fourth-order valence-corrected chi connectivity index (χ4v) is 5.21. The van der Waals surface area contributed by atoms with Crippen molar-refractivity contribution in [2.45, 2.75) is 37.3 Å². The molecular weight excluding hydrogens is 471 g/mol. The largest absolute Gasteiger partial charge is 0.365 e. The van der Waals surface area contributed by atoms with Crippen molar-refractivity contribution in [1.29, 1.82) is 0 Å². The third kappa shape index (κ3) is 7.99. The van der Waals surface area contributed by atoms with Crippen LogP contribution in [0.15, 0.2) is 121 Å². The van der Waals surface area contributed by atoms with Crippen molar-refractivity contribution in [2.24, 2.45) is 0 Å². The Kier molecular flexibility index (Phi) is 8.87. The second-order valence-corrected chi connectivity index (χ2v) is 9.90. The van der Waals surface area contributed by atoms with Crippen LogP contribution in [0.25, 0.3) is 0 Å². The molecule has 0 atom stereocenters. The molecule has 4 aromatic carbocycles. The van der Waals surface area contributed by atoms with Gasteiger partial charge in [-0.3, -0.25) is 13.6 Å². The maximum atomic E-state index is 13.3. The quantitative estimate of drug-likeness (QED) is 0.190. The third-order valence-electron chi connectivity index (χ3n) is 5.84. The van der Waals surface area contributed by atoms with Gasteiger partial charge in [0.15, 0.2) is 11.6 Å². The lowest BCUT2D eigenvalue weighted by molar-refractivity contribution is -0.170. The Balaban J connectivity index is 1.55. The first-order valence-electron chi connectivity index (χ1n) is 11.9. The lowest BCUT2D eigenvalue weighted by atomic mass is 9.98. The topological polar surface area (TPSA) is 76.0 Å². The molecule has 0 amide bonds. The van der Waals surface area contributed by atoms with Gasteiger partial charge in [0.1, 0.15) is 0 Å². The average Bonchev–Trinajstić information content (AvgIpc) is 2.85. The van der Waals surface area contributed by atoms with Crippen LogP contribution < -0.4 is 0 Å². The molecule has 0 aliphatic carbocycles. The summed E-state index contributed by atoms with van der Waals surface area (Å²) < 4.78 is 24.7. The van der Waals surface area contributed by atoms with Crippen LogP contribution in [0.2, 0.25) is 0 Å². The van der Waals surface area contributed by atoms with Crippen molar-refractivity contribution in [3.8, 4) is 0 Å². The third-order valence-corrected chi connectivity index (χ3v) is 6.93. The molecule has 0 unspecified atom stereocenters. The number of aliphatic hydroxyl groups is 2. The summed E-state index contributed by atoms with van der Waals surface area (Å²) in [4.78, 5) is 0. The molecule has 0 saturated carbocycles. The first-order valence-corrected chi connectivity index (χ1v) is 13.2. The molecule has 0 aliphatic heterocycles. The van der Waals surface area contributed by atoms with E-state index in [9.17, 15) is 14.8 Å². The van der Waals surface area contributed by atoms with Gasteiger partial charge < -0.3 is 10.2 Å². The average molecular weight is 503 g/mol. The highest BCUT2D eigenvalue weighted by Gasteiger charge is 2.36. The predicted molar refractivity (Wildman–Crippen MR) is 142 cm³/mol. The molecule has 4 aromatic rings. The maximum Gasteiger partial charge on any atom is 0.324 e. The van der Waals surface area contributed by atoms with Crippen LogP contribution in [0.3, 0.4) is 0 Å². The van der Waals surface area contributed by atoms with Crippen LogP contribution in [0.1, 0.15) is 22.3 Å². The summed E-state index contributed by atoms with van der Waals surface area (Å²) in [5, 5.41) is 23.0. The molecule has 0 aliphatic rings. The molecular formula is C30H31O5P. The van der Waals surface area contributed by atoms with Gasteiger partial charge in [-0.05, 0) is 22.3 Å². The Bertz CT molecular complexity index is 1040. The van der Waals surface area contributed by atoms with E-state index in [4.69, 9.17) is 9.05 Å². The number of rotatable bonds is 12. The van der Waals surface area contributed by atoms with Crippen LogP contribution in [-0.4, -0.2) is 21.8 Å². The highest BCUT2D eigenvalue weighted by Crippen LogP contribution is 2.39. The summed E-state index contributed by atoms with van der Waals surface area (Å²) in [6.07, 6.45) is 0.438. The summed E-state index contributed by atoms with van der Waals surface area (Å²) in [5.41, 5.74) is 3.31. The molecule has 36 heavy (non-hydrogen) atoms. The molecule has 0 radical (unpaired) electrons. The zero-order chi connectivity index (χ0) is 25.3. The Morgan fingerprint density at radius 2 is 0.694 bits per heavy atom. The second kappa shape index (κ2) is 12.3. The summed E-state index contributed by atoms with van der Waals surface area (Å²) >= 11 is 0. The maximum absolute atomic E-state index is 13.3. The first kappa shape index (κ1) is 26.0. The van der Waals surface area contributed by atoms with Gasteiger partial charge in [-0.15, -0.1) is 0 Å². The van der Waals surface area contributed by atoms with Crippen molar-refractivity contribution in [3.63, 3.8) is 0 Å². The molecule has 0 aromatic heterocycles. The molecule has 2 N–H and O–H groups in total. The number of hydrogen-bond donors (Lipinski definition) is 2. The van der Waals surface area contributed by atoms with E-state index in [-0.39, 0.29) is 25.7 Å². The highest BCUT2D eigenvalue weighted by molar-refractivity contribution is 7.33. The molecule has 5 nitrogen and oxygen atoms in total. The minimum atomic E-state index is -3.33. The van der Waals surface area contributed by atoms with E-state index in [0.717, 1.165) is 22.3 Å². The van der Waals surface area contributed by atoms with Gasteiger partial charge in [0, 0.05) is 25.7 Å². The fourth-order valence-electron chi connectivity index (χ4n) is 4.26. The molecule has 0 bridgehead atoms. The summed E-state index contributed by atoms with van der Waals surface area (Å²) in [6.45, 7) is 0. The lowest BCUT2D eigenvalue weighted by Crippen LogP contribution is -2.39. The van der Waals surface area contributed by atoms with Crippen LogP contribution in [0.4, 0.5) is 0 Å². The Morgan fingerprint density at radius 1 is 0.472 bits per heavy atom. The van der Waals surface area contributed by atoms with E-state index in [0.29, 0.717) is 0 Å². The van der Waals surface area contributed by atoms with Crippen molar-refractivity contribution in [3.05, 3.63) is 144 Å². The van der Waals surface area contributed by atoms with E-state index < -0.39 is 19.8 Å². The van der Waals surface area contributed by atoms with Gasteiger partial charge in [-0.2, -0.15) is 0 Å². The zero-order valence-electron chi connectivity index (χ0n) is 20.0. The van der Waals surface area contributed by atoms with E-state index >= 15 is 0 Å². The zero-order valence-corrected chi connectivity index (χ0v) is 21.0. The molecule has 186 valence electrons. The molecule has 0 fully saturated rings. The molecule has 4 rings (SSSR count). The van der Waals surface area contributed by atoms with Crippen molar-refractivity contribution in [2.75, 3.05) is 0 Å². The monoisotopic (exact) mass is 502 g/mol. The van der Waals surface area contributed by atoms with Crippen molar-refractivity contribution in [1.82, 2.24) is 0 Å². The van der Waals surface area contributed by atoms with Gasteiger partial charge in [-0.25, -0.2) is 0 Å². The van der Waals surface area contributed by atoms with Gasteiger partial charge in [-0.1, -0.05) is 121 Å². The van der Waals surface area contributed by atoms with E-state index in [1.165, 1.54) is 0 Å². The normalized spacial score (nSPS) is 12.1. The molecule has 6 heteroatoms. The fraction of sp³-hybridized carbons (Fsp3) is 0.200. The van der Waals surface area contributed by atoms with Gasteiger partial charge in [0.25, 0.3) is 0 Å². The van der Waals surface area contributed by atoms with Crippen LogP contribution in [-0.2, 0) is 39.3 Å². The highest BCUT2D eigenvalue weighted by atomic mass is 31.1. The number of benzene rings is 4. The van der Waals surface area contributed by atoms with Crippen LogP contribution >= 0.6 is 8.25 Å². The van der Waals surface area contributed by atoms with Crippen molar-refractivity contribution < 1.29 is 23.8 Å². The van der Waals surface area contributed by atoms with E-state index in [1.54, 1.807) is 0 Å². The van der Waals surface area contributed by atoms with Gasteiger partial charge in [0.05, 0.1) is 0 Å². The standard InChI is InChI=1S/C30H31O5P/c31-29(21-25-13-5-1-6-14-25,22-26-15-7-2-8-16-26)34-36(33)35-30(32,23-27-17-9-3-10-18-27)24-28-19-11-4-12-20-28/h1-20,31-32,36H,21-24H2. The van der Waals surface area contributed by atoms with Crippen LogP contribution in [0.5, 0.6) is 0 Å². The molecule has 0 heterocycles. The first-order chi connectivity index (χ1) is 17.4. The summed E-state index contributed by atoms with van der Waals surface area (Å²) in [5.74, 6) is -3.59. The van der Waals surface area contributed by atoms with Gasteiger partial charge in [0.2, 0.25) is 0 Å². The van der Waals surface area contributed by atoms with E-state index in [1.807, 2.05) is 121 Å².